The Morgan fingerprint density at radius 1 is 0.846 bits per heavy atom. The number of benzene rings is 3. The van der Waals surface area contributed by atoms with Crippen LogP contribution in [0.5, 0.6) is 5.75 Å². The van der Waals surface area contributed by atoms with Crippen molar-refractivity contribution in [2.45, 2.75) is 39.0 Å². The monoisotopic (exact) mass is 526 g/mol. The fraction of sp³-hybridized carbons (Fsp3) is 0.375. The second-order valence-electron chi connectivity index (χ2n) is 10.4. The highest BCUT2D eigenvalue weighted by Gasteiger charge is 2.27. The molecule has 7 nitrogen and oxygen atoms in total. The average Bonchev–Trinajstić information content (AvgIpc) is 3.50. The third-order valence-corrected chi connectivity index (χ3v) is 7.62. The van der Waals surface area contributed by atoms with E-state index >= 15 is 0 Å². The SMILES string of the molecule is CCOc1ccc(NC(=O)Nc2ccc(N3CCC(Cc4ccccc4)CC3)c(C(=O)N3CCCC3)c2)cc1. The number of hydrogen-bond donors (Lipinski definition) is 2. The van der Waals surface area contributed by atoms with Gasteiger partial charge in [-0.15, -0.1) is 0 Å². The number of nitrogens with zero attached hydrogens (tertiary/aromatic N) is 2. The number of urea groups is 1. The van der Waals surface area contributed by atoms with E-state index in [1.54, 1.807) is 12.1 Å². The van der Waals surface area contributed by atoms with Crippen molar-refractivity contribution in [3.8, 4) is 5.75 Å². The summed E-state index contributed by atoms with van der Waals surface area (Å²) in [6.07, 6.45) is 5.36. The average molecular weight is 527 g/mol. The van der Waals surface area contributed by atoms with Gasteiger partial charge in [-0.2, -0.15) is 0 Å². The predicted molar refractivity (Wildman–Crippen MR) is 157 cm³/mol. The van der Waals surface area contributed by atoms with Crippen LogP contribution in [-0.4, -0.2) is 49.6 Å². The fourth-order valence-electron chi connectivity index (χ4n) is 5.57. The lowest BCUT2D eigenvalue weighted by molar-refractivity contribution is 0.0793. The van der Waals surface area contributed by atoms with E-state index in [0.29, 0.717) is 29.5 Å². The number of nitrogens with one attached hydrogen (secondary N) is 2. The number of carbonyl (C=O) groups is 2. The van der Waals surface area contributed by atoms with Crippen LogP contribution in [0.15, 0.2) is 72.8 Å². The topological polar surface area (TPSA) is 73.9 Å². The van der Waals surface area contributed by atoms with Gasteiger partial charge in [-0.1, -0.05) is 30.3 Å². The van der Waals surface area contributed by atoms with Crippen LogP contribution in [0.1, 0.15) is 48.5 Å². The molecule has 7 heteroatoms. The quantitative estimate of drug-likeness (QED) is 0.355. The first kappa shape index (κ1) is 26.6. The van der Waals surface area contributed by atoms with Crippen LogP contribution in [0.25, 0.3) is 0 Å². The first-order valence-corrected chi connectivity index (χ1v) is 14.1. The molecular weight excluding hydrogens is 488 g/mol. The summed E-state index contributed by atoms with van der Waals surface area (Å²) >= 11 is 0. The molecule has 2 heterocycles. The zero-order chi connectivity index (χ0) is 27.0. The van der Waals surface area contributed by atoms with Crippen LogP contribution in [0.2, 0.25) is 0 Å². The molecule has 0 aromatic heterocycles. The summed E-state index contributed by atoms with van der Waals surface area (Å²) in [6.45, 7) is 5.93. The van der Waals surface area contributed by atoms with Gasteiger partial charge in [-0.3, -0.25) is 4.79 Å². The summed E-state index contributed by atoms with van der Waals surface area (Å²) < 4.78 is 5.46. The van der Waals surface area contributed by atoms with Gasteiger partial charge in [-0.05, 0) is 93.0 Å². The van der Waals surface area contributed by atoms with Crippen molar-refractivity contribution in [1.82, 2.24) is 4.90 Å². The van der Waals surface area contributed by atoms with Gasteiger partial charge in [0.05, 0.1) is 12.2 Å². The van der Waals surface area contributed by atoms with Gasteiger partial charge >= 0.3 is 6.03 Å². The minimum Gasteiger partial charge on any atom is -0.494 e. The number of amides is 3. The minimum atomic E-state index is -0.354. The highest BCUT2D eigenvalue weighted by Crippen LogP contribution is 2.31. The third kappa shape index (κ3) is 6.91. The van der Waals surface area contributed by atoms with Crippen LogP contribution in [0, 0.1) is 5.92 Å². The first-order valence-electron chi connectivity index (χ1n) is 14.1. The Balaban J connectivity index is 1.27. The Bertz CT molecular complexity index is 1250. The van der Waals surface area contributed by atoms with Crippen molar-refractivity contribution in [3.63, 3.8) is 0 Å². The molecule has 2 fully saturated rings. The summed E-state index contributed by atoms with van der Waals surface area (Å²) in [6, 6.07) is 23.3. The molecule has 0 bridgehead atoms. The van der Waals surface area contributed by atoms with E-state index in [4.69, 9.17) is 4.74 Å². The van der Waals surface area contributed by atoms with E-state index in [2.05, 4.69) is 45.9 Å². The zero-order valence-electron chi connectivity index (χ0n) is 22.7. The normalized spacial score (nSPS) is 15.7. The van der Waals surface area contributed by atoms with Crippen LogP contribution in [0.3, 0.4) is 0 Å². The van der Waals surface area contributed by atoms with Crippen LogP contribution in [-0.2, 0) is 6.42 Å². The Kier molecular flexibility index (Phi) is 8.66. The first-order chi connectivity index (χ1) is 19.1. The Morgan fingerprint density at radius 3 is 2.21 bits per heavy atom. The lowest BCUT2D eigenvalue weighted by Crippen LogP contribution is -2.36. The van der Waals surface area contributed by atoms with Crippen LogP contribution < -0.4 is 20.3 Å². The lowest BCUT2D eigenvalue weighted by atomic mass is 9.89. The molecule has 0 radical (unpaired) electrons. The fourth-order valence-corrected chi connectivity index (χ4v) is 5.57. The molecule has 0 aliphatic carbocycles. The van der Waals surface area contributed by atoms with E-state index in [1.807, 2.05) is 42.2 Å². The van der Waals surface area contributed by atoms with Crippen molar-refractivity contribution in [1.29, 1.82) is 0 Å². The van der Waals surface area contributed by atoms with E-state index in [1.165, 1.54) is 5.56 Å². The number of anilines is 3. The maximum Gasteiger partial charge on any atom is 0.323 e. The zero-order valence-corrected chi connectivity index (χ0v) is 22.7. The van der Waals surface area contributed by atoms with Gasteiger partial charge in [0.2, 0.25) is 0 Å². The van der Waals surface area contributed by atoms with Gasteiger partial charge in [0, 0.05) is 43.2 Å². The number of hydrogen-bond acceptors (Lipinski definition) is 4. The van der Waals surface area contributed by atoms with E-state index in [-0.39, 0.29) is 11.9 Å². The number of piperidine rings is 1. The summed E-state index contributed by atoms with van der Waals surface area (Å²) in [5.41, 5.74) is 4.28. The highest BCUT2D eigenvalue weighted by atomic mass is 16.5. The van der Waals surface area contributed by atoms with Gasteiger partial charge in [-0.25, -0.2) is 4.79 Å². The summed E-state index contributed by atoms with van der Waals surface area (Å²) in [4.78, 5) is 30.6. The molecule has 2 aliphatic heterocycles. The van der Waals surface area contributed by atoms with Crippen molar-refractivity contribution in [3.05, 3.63) is 83.9 Å². The lowest BCUT2D eigenvalue weighted by Gasteiger charge is -2.35. The second kappa shape index (κ2) is 12.7. The second-order valence-corrected chi connectivity index (χ2v) is 10.4. The number of carbonyl (C=O) groups excluding carboxylic acids is 2. The Hall–Kier alpha value is -4.00. The van der Waals surface area contributed by atoms with Gasteiger partial charge < -0.3 is 25.2 Å². The highest BCUT2D eigenvalue weighted by molar-refractivity contribution is 6.04. The maximum atomic E-state index is 13.6. The molecule has 5 rings (SSSR count). The largest absolute Gasteiger partial charge is 0.494 e. The van der Waals surface area contributed by atoms with E-state index < -0.39 is 0 Å². The smallest absolute Gasteiger partial charge is 0.323 e. The standard InChI is InChI=1S/C32H38N4O3/c1-2-39-28-13-10-26(11-14-28)33-32(38)34-27-12-15-30(29(23-27)31(37)36-18-6-7-19-36)35-20-16-25(17-21-35)22-24-8-4-3-5-9-24/h3-5,8-15,23,25H,2,6-7,16-22H2,1H3,(H2,33,34,38). The molecule has 2 saturated heterocycles. The van der Waals surface area contributed by atoms with Gasteiger partial charge in [0.25, 0.3) is 5.91 Å². The molecule has 3 amide bonds. The molecule has 2 N–H and O–H groups in total. The molecule has 0 atom stereocenters. The molecule has 0 unspecified atom stereocenters. The van der Waals surface area contributed by atoms with Crippen molar-refractivity contribution >= 4 is 29.0 Å². The van der Waals surface area contributed by atoms with E-state index in [0.717, 1.165) is 69.7 Å². The van der Waals surface area contributed by atoms with Crippen molar-refractivity contribution in [2.24, 2.45) is 5.92 Å². The minimum absolute atomic E-state index is 0.0458. The number of rotatable bonds is 8. The summed E-state index contributed by atoms with van der Waals surface area (Å²) in [5, 5.41) is 5.76. The van der Waals surface area contributed by atoms with Crippen LogP contribution >= 0.6 is 0 Å². The van der Waals surface area contributed by atoms with E-state index in [9.17, 15) is 9.59 Å². The maximum absolute atomic E-state index is 13.6. The van der Waals surface area contributed by atoms with Gasteiger partial charge in [0.15, 0.2) is 0 Å². The molecule has 204 valence electrons. The Morgan fingerprint density at radius 2 is 1.51 bits per heavy atom. The Labute approximate surface area is 231 Å². The summed E-state index contributed by atoms with van der Waals surface area (Å²) in [7, 11) is 0. The molecule has 2 aliphatic rings. The number of likely N-dealkylation sites (tertiary alicyclic amines) is 1. The molecule has 0 saturated carbocycles. The molecule has 3 aromatic rings. The van der Waals surface area contributed by atoms with Gasteiger partial charge in [0.1, 0.15) is 5.75 Å². The predicted octanol–water partition coefficient (Wildman–Crippen LogP) is 6.42. The summed E-state index contributed by atoms with van der Waals surface area (Å²) in [5.74, 6) is 1.45. The van der Waals surface area contributed by atoms with Crippen molar-refractivity contribution in [2.75, 3.05) is 48.3 Å². The molecule has 39 heavy (non-hydrogen) atoms. The van der Waals surface area contributed by atoms with Crippen molar-refractivity contribution < 1.29 is 14.3 Å². The molecule has 0 spiro atoms. The molecule has 3 aromatic carbocycles. The number of ether oxygens (including phenoxy) is 1. The van der Waals surface area contributed by atoms with Crippen LogP contribution in [0.4, 0.5) is 21.9 Å². The molecular formula is C32H38N4O3. The third-order valence-electron chi connectivity index (χ3n) is 7.62.